The largest absolute Gasteiger partial charge is 0.446 e. The summed E-state index contributed by atoms with van der Waals surface area (Å²) in [4.78, 5) is 11.2. The molecular formula is C12H18N2O5S. The van der Waals surface area contributed by atoms with E-state index in [1.807, 2.05) is 0 Å². The quantitative estimate of drug-likeness (QED) is 0.765. The minimum atomic E-state index is -4.05. The molecule has 0 bridgehead atoms. The first-order valence-electron chi connectivity index (χ1n) is 5.99. The third-order valence-electron chi connectivity index (χ3n) is 2.21. The predicted molar refractivity (Wildman–Crippen MR) is 74.4 cm³/mol. The molecule has 1 aromatic carbocycles. The Morgan fingerprint density at radius 3 is 2.20 bits per heavy atom. The van der Waals surface area contributed by atoms with E-state index in [1.54, 1.807) is 37.6 Å². The van der Waals surface area contributed by atoms with E-state index in [2.05, 4.69) is 9.46 Å². The monoisotopic (exact) mass is 302 g/mol. The van der Waals surface area contributed by atoms with Gasteiger partial charge in [-0.25, -0.2) is 9.52 Å². The lowest BCUT2D eigenvalue weighted by atomic mass is 10.1. The maximum absolute atomic E-state index is 11.6. The number of amides is 1. The maximum atomic E-state index is 11.6. The highest BCUT2D eigenvalue weighted by Crippen LogP contribution is 2.16. The van der Waals surface area contributed by atoms with Crippen LogP contribution in [0, 0.1) is 0 Å². The third kappa shape index (κ3) is 5.45. The van der Waals surface area contributed by atoms with E-state index in [0.29, 0.717) is 5.56 Å². The number of aliphatic hydroxyl groups excluding tert-OH is 1. The summed E-state index contributed by atoms with van der Waals surface area (Å²) >= 11 is 0. The Bertz CT molecular complexity index is 552. The van der Waals surface area contributed by atoms with Crippen LogP contribution in [0.2, 0.25) is 0 Å². The Labute approximate surface area is 118 Å². The van der Waals surface area contributed by atoms with Crippen molar-refractivity contribution in [2.45, 2.75) is 33.0 Å². The Morgan fingerprint density at radius 2 is 1.75 bits per heavy atom. The second-order valence-corrected chi connectivity index (χ2v) is 5.87. The number of ether oxygens (including phenoxy) is 1. The fourth-order valence-electron chi connectivity index (χ4n) is 1.36. The lowest BCUT2D eigenvalue weighted by Crippen LogP contribution is -2.36. The van der Waals surface area contributed by atoms with Crippen LogP contribution in [0.5, 0.6) is 0 Å². The molecule has 0 aliphatic rings. The molecular weight excluding hydrogens is 284 g/mol. The molecule has 0 radical (unpaired) electrons. The number of anilines is 1. The van der Waals surface area contributed by atoms with Gasteiger partial charge < -0.3 is 9.84 Å². The molecule has 0 aromatic heterocycles. The molecule has 112 valence electrons. The maximum Gasteiger partial charge on any atom is 0.422 e. The molecule has 0 spiro atoms. The van der Waals surface area contributed by atoms with Crippen molar-refractivity contribution in [1.82, 2.24) is 4.72 Å². The molecule has 1 atom stereocenters. The molecule has 1 amide bonds. The summed E-state index contributed by atoms with van der Waals surface area (Å²) in [7, 11) is -4.05. The van der Waals surface area contributed by atoms with Gasteiger partial charge >= 0.3 is 16.3 Å². The topological polar surface area (TPSA) is 105 Å². The van der Waals surface area contributed by atoms with Gasteiger partial charge in [0.15, 0.2) is 0 Å². The van der Waals surface area contributed by atoms with Gasteiger partial charge in [-0.2, -0.15) is 8.42 Å². The van der Waals surface area contributed by atoms with Crippen molar-refractivity contribution in [3.05, 3.63) is 29.8 Å². The predicted octanol–water partition coefficient (Wildman–Crippen LogP) is 1.53. The summed E-state index contributed by atoms with van der Waals surface area (Å²) in [5.74, 6) is 0. The van der Waals surface area contributed by atoms with Gasteiger partial charge in [-0.05, 0) is 38.5 Å². The van der Waals surface area contributed by atoms with Gasteiger partial charge in [-0.1, -0.05) is 12.1 Å². The van der Waals surface area contributed by atoms with Gasteiger partial charge in [-0.15, -0.1) is 0 Å². The lowest BCUT2D eigenvalue weighted by molar-refractivity contribution is 0.121. The van der Waals surface area contributed by atoms with Crippen LogP contribution < -0.4 is 9.44 Å². The molecule has 0 aliphatic heterocycles. The van der Waals surface area contributed by atoms with Gasteiger partial charge in [0.05, 0.1) is 17.9 Å². The number of rotatable bonds is 5. The number of aliphatic hydroxyl groups is 1. The van der Waals surface area contributed by atoms with Gasteiger partial charge in [0.25, 0.3) is 0 Å². The van der Waals surface area contributed by atoms with Crippen LogP contribution in [0.3, 0.4) is 0 Å². The van der Waals surface area contributed by atoms with Gasteiger partial charge in [0.2, 0.25) is 0 Å². The first-order valence-corrected chi connectivity index (χ1v) is 7.47. The Morgan fingerprint density at radius 1 is 1.20 bits per heavy atom. The van der Waals surface area contributed by atoms with Crippen molar-refractivity contribution >= 4 is 22.0 Å². The van der Waals surface area contributed by atoms with Crippen LogP contribution in [-0.2, 0) is 14.9 Å². The van der Waals surface area contributed by atoms with E-state index < -0.39 is 28.5 Å². The summed E-state index contributed by atoms with van der Waals surface area (Å²) < 4.78 is 31.8. The molecule has 0 saturated carbocycles. The van der Waals surface area contributed by atoms with Crippen molar-refractivity contribution in [3.8, 4) is 0 Å². The van der Waals surface area contributed by atoms with Crippen LogP contribution in [-0.4, -0.2) is 25.7 Å². The summed E-state index contributed by atoms with van der Waals surface area (Å²) in [5, 5.41) is 9.34. The minimum absolute atomic E-state index is 0.263. The van der Waals surface area contributed by atoms with Crippen LogP contribution in [0.1, 0.15) is 32.4 Å². The van der Waals surface area contributed by atoms with E-state index in [4.69, 9.17) is 0 Å². The lowest BCUT2D eigenvalue weighted by Gasteiger charge is -2.12. The van der Waals surface area contributed by atoms with E-state index in [9.17, 15) is 18.3 Å². The normalized spacial score (nSPS) is 12.8. The van der Waals surface area contributed by atoms with Crippen molar-refractivity contribution < 1.29 is 23.1 Å². The SMILES string of the molecule is CC(C)OC(=O)NS(=O)(=O)Nc1ccc(C(C)O)cc1. The average molecular weight is 302 g/mol. The van der Waals surface area contributed by atoms with Gasteiger partial charge in [0.1, 0.15) is 0 Å². The number of hydrogen-bond acceptors (Lipinski definition) is 5. The molecule has 3 N–H and O–H groups in total. The first kappa shape index (κ1) is 16.3. The highest BCUT2D eigenvalue weighted by Gasteiger charge is 2.16. The van der Waals surface area contributed by atoms with Crippen molar-refractivity contribution in [1.29, 1.82) is 0 Å². The van der Waals surface area contributed by atoms with Crippen LogP contribution >= 0.6 is 0 Å². The molecule has 8 heteroatoms. The van der Waals surface area contributed by atoms with E-state index in [0.717, 1.165) is 0 Å². The molecule has 1 unspecified atom stereocenters. The fourth-order valence-corrected chi connectivity index (χ4v) is 2.12. The zero-order chi connectivity index (χ0) is 15.3. The minimum Gasteiger partial charge on any atom is -0.446 e. The average Bonchev–Trinajstić information content (AvgIpc) is 2.26. The summed E-state index contributed by atoms with van der Waals surface area (Å²) in [5.41, 5.74) is 0.916. The zero-order valence-corrected chi connectivity index (χ0v) is 12.3. The van der Waals surface area contributed by atoms with E-state index in [1.165, 1.54) is 12.1 Å². The smallest absolute Gasteiger partial charge is 0.422 e. The summed E-state index contributed by atoms with van der Waals surface area (Å²) in [6, 6.07) is 6.12. The van der Waals surface area contributed by atoms with Gasteiger partial charge in [0, 0.05) is 0 Å². The molecule has 0 fully saturated rings. The number of carbonyl (C=O) groups excluding carboxylic acids is 1. The molecule has 0 saturated heterocycles. The van der Waals surface area contributed by atoms with Crippen LogP contribution in [0.15, 0.2) is 24.3 Å². The van der Waals surface area contributed by atoms with E-state index in [-0.39, 0.29) is 5.69 Å². The molecule has 0 aliphatic carbocycles. The zero-order valence-electron chi connectivity index (χ0n) is 11.5. The third-order valence-corrected chi connectivity index (χ3v) is 3.15. The summed E-state index contributed by atoms with van der Waals surface area (Å²) in [6.45, 7) is 4.81. The molecule has 20 heavy (non-hydrogen) atoms. The highest BCUT2D eigenvalue weighted by atomic mass is 32.2. The number of carbonyl (C=O) groups is 1. The number of benzene rings is 1. The van der Waals surface area contributed by atoms with Crippen LogP contribution in [0.25, 0.3) is 0 Å². The Kier molecular flexibility index (Phi) is 5.34. The van der Waals surface area contributed by atoms with Gasteiger partial charge in [-0.3, -0.25) is 4.72 Å². The van der Waals surface area contributed by atoms with Crippen molar-refractivity contribution in [2.24, 2.45) is 0 Å². The molecule has 0 heterocycles. The fraction of sp³-hybridized carbons (Fsp3) is 0.417. The first-order chi connectivity index (χ1) is 9.19. The second-order valence-electron chi connectivity index (χ2n) is 4.46. The molecule has 1 aromatic rings. The number of hydrogen-bond donors (Lipinski definition) is 3. The molecule has 1 rings (SSSR count). The van der Waals surface area contributed by atoms with Crippen molar-refractivity contribution in [2.75, 3.05) is 4.72 Å². The number of nitrogens with one attached hydrogen (secondary N) is 2. The van der Waals surface area contributed by atoms with E-state index >= 15 is 0 Å². The van der Waals surface area contributed by atoms with Crippen LogP contribution in [0.4, 0.5) is 10.5 Å². The molecule has 7 nitrogen and oxygen atoms in total. The Hall–Kier alpha value is -1.80. The standard InChI is InChI=1S/C12H18N2O5S/c1-8(2)19-12(16)14-20(17,18)13-11-6-4-10(5-7-11)9(3)15/h4-9,13,15H,1-3H3,(H,14,16). The highest BCUT2D eigenvalue weighted by molar-refractivity contribution is 7.91. The second kappa shape index (κ2) is 6.58. The summed E-state index contributed by atoms with van der Waals surface area (Å²) in [6.07, 6.45) is -2.11. The van der Waals surface area contributed by atoms with Crippen molar-refractivity contribution in [3.63, 3.8) is 0 Å². The Balaban J connectivity index is 2.68.